The predicted molar refractivity (Wildman–Crippen MR) is 182 cm³/mol. The molecule has 0 aliphatic rings. The van der Waals surface area contributed by atoms with E-state index >= 15 is 0 Å². The molecule has 0 spiro atoms. The Morgan fingerprint density at radius 3 is 1.62 bits per heavy atom. The second-order valence-electron chi connectivity index (χ2n) is 11.2. The number of nitrogens with one attached hydrogen (secondary N) is 2. The average molecular weight is 683 g/mol. The van der Waals surface area contributed by atoms with E-state index in [2.05, 4.69) is 10.8 Å². The number of hydroxylamine groups is 1. The van der Waals surface area contributed by atoms with Gasteiger partial charge < -0.3 is 25.0 Å². The first-order valence-electron chi connectivity index (χ1n) is 16.0. The third kappa shape index (κ3) is 11.4. The molecule has 0 aliphatic heterocycles. The fourth-order valence-corrected chi connectivity index (χ4v) is 4.88. The summed E-state index contributed by atoms with van der Waals surface area (Å²) >= 11 is 0. The van der Waals surface area contributed by atoms with E-state index in [0.717, 1.165) is 30.4 Å². The fraction of sp³-hybridized carbons (Fsp3) is 0.237. The predicted octanol–water partition coefficient (Wildman–Crippen LogP) is 5.81. The Morgan fingerprint density at radius 2 is 1.06 bits per heavy atom. The number of hydrogen-bond donors (Lipinski definition) is 4. The van der Waals surface area contributed by atoms with Crippen molar-refractivity contribution in [1.82, 2.24) is 10.8 Å². The monoisotopic (exact) mass is 682 g/mol. The number of carboxylic acid groups (broad SMARTS) is 2. The number of hydrogen-bond acceptors (Lipinski definition) is 9. The zero-order valence-corrected chi connectivity index (χ0v) is 27.3. The highest BCUT2D eigenvalue weighted by molar-refractivity contribution is 6.06. The van der Waals surface area contributed by atoms with Crippen molar-refractivity contribution in [3.05, 3.63) is 142 Å². The maximum Gasteiger partial charge on any atom is 0.338 e. The molecule has 12 nitrogen and oxygen atoms in total. The van der Waals surface area contributed by atoms with E-state index < -0.39 is 29.8 Å². The summed E-state index contributed by atoms with van der Waals surface area (Å²) in [5, 5.41) is 21.8. The molecule has 0 atom stereocenters. The minimum absolute atomic E-state index is 0.0126. The SMILES string of the molecule is O=C(OCc1ccccc1)c1ccc(C(=O)O)c(CONCCCCCCNC(=O)c2cc(C(=O)OCc3ccccc3)ccc2C(=O)O)c1. The van der Waals surface area contributed by atoms with Crippen molar-refractivity contribution in [3.63, 3.8) is 0 Å². The van der Waals surface area contributed by atoms with Crippen LogP contribution in [-0.4, -0.2) is 53.1 Å². The number of carbonyl (C=O) groups excluding carboxylic acids is 3. The number of ether oxygens (including phenoxy) is 2. The Bertz CT molecular complexity index is 1780. The second kappa shape index (κ2) is 19.2. The highest BCUT2D eigenvalue weighted by atomic mass is 16.6. The molecule has 4 aromatic rings. The van der Waals surface area contributed by atoms with Crippen molar-refractivity contribution in [3.8, 4) is 0 Å². The second-order valence-corrected chi connectivity index (χ2v) is 11.2. The first-order chi connectivity index (χ1) is 24.2. The topological polar surface area (TPSA) is 178 Å². The van der Waals surface area contributed by atoms with Crippen LogP contribution < -0.4 is 10.8 Å². The quantitative estimate of drug-likeness (QED) is 0.0533. The average Bonchev–Trinajstić information content (AvgIpc) is 3.13. The van der Waals surface area contributed by atoms with Crippen LogP contribution in [0.15, 0.2) is 97.1 Å². The lowest BCUT2D eigenvalue weighted by atomic mass is 10.0. The zero-order valence-electron chi connectivity index (χ0n) is 27.3. The van der Waals surface area contributed by atoms with Crippen molar-refractivity contribution in [2.24, 2.45) is 0 Å². The van der Waals surface area contributed by atoms with Crippen molar-refractivity contribution in [2.75, 3.05) is 13.1 Å². The van der Waals surface area contributed by atoms with Gasteiger partial charge in [0.25, 0.3) is 5.91 Å². The van der Waals surface area contributed by atoms with Crippen LogP contribution in [-0.2, 0) is 34.1 Å². The van der Waals surface area contributed by atoms with Gasteiger partial charge in [0.15, 0.2) is 0 Å². The molecule has 0 unspecified atom stereocenters. The van der Waals surface area contributed by atoms with Crippen LogP contribution in [0.2, 0.25) is 0 Å². The van der Waals surface area contributed by atoms with Gasteiger partial charge in [-0.25, -0.2) is 24.7 Å². The third-order valence-corrected chi connectivity index (χ3v) is 7.55. The molecule has 0 aromatic heterocycles. The summed E-state index contributed by atoms with van der Waals surface area (Å²) in [6, 6.07) is 26.2. The van der Waals surface area contributed by atoms with Crippen LogP contribution in [0, 0.1) is 0 Å². The lowest BCUT2D eigenvalue weighted by Crippen LogP contribution is -2.27. The van der Waals surface area contributed by atoms with Crippen LogP contribution in [0.4, 0.5) is 0 Å². The summed E-state index contributed by atoms with van der Waals surface area (Å²) in [5.74, 6) is -4.29. The van der Waals surface area contributed by atoms with E-state index in [0.29, 0.717) is 25.1 Å². The first kappa shape index (κ1) is 37.0. The highest BCUT2D eigenvalue weighted by Crippen LogP contribution is 2.17. The molecule has 0 aliphatic carbocycles. The van der Waals surface area contributed by atoms with Gasteiger partial charge in [0.2, 0.25) is 0 Å². The maximum atomic E-state index is 12.8. The number of esters is 2. The minimum atomic E-state index is -1.29. The Kier molecular flexibility index (Phi) is 14.2. The number of carboxylic acids is 2. The van der Waals surface area contributed by atoms with Gasteiger partial charge in [0.05, 0.1) is 34.4 Å². The number of amides is 1. The number of aromatic carboxylic acids is 2. The zero-order chi connectivity index (χ0) is 35.7. The van der Waals surface area contributed by atoms with Crippen LogP contribution in [0.1, 0.15) is 94.2 Å². The van der Waals surface area contributed by atoms with Crippen LogP contribution in [0.5, 0.6) is 0 Å². The number of unbranched alkanes of at least 4 members (excludes halogenated alkanes) is 3. The summed E-state index contributed by atoms with van der Waals surface area (Å²) in [6.07, 6.45) is 2.90. The normalized spacial score (nSPS) is 10.6. The smallest absolute Gasteiger partial charge is 0.338 e. The van der Waals surface area contributed by atoms with E-state index in [1.807, 2.05) is 48.5 Å². The molecule has 50 heavy (non-hydrogen) atoms. The maximum absolute atomic E-state index is 12.8. The van der Waals surface area contributed by atoms with Crippen LogP contribution in [0.3, 0.4) is 0 Å². The number of benzene rings is 4. The largest absolute Gasteiger partial charge is 0.478 e. The molecule has 0 radical (unpaired) electrons. The molecule has 4 N–H and O–H groups in total. The minimum Gasteiger partial charge on any atom is -0.478 e. The molecule has 0 saturated carbocycles. The van der Waals surface area contributed by atoms with E-state index in [-0.39, 0.29) is 47.6 Å². The molecule has 0 heterocycles. The van der Waals surface area contributed by atoms with Crippen LogP contribution >= 0.6 is 0 Å². The first-order valence-corrected chi connectivity index (χ1v) is 16.0. The lowest BCUT2D eigenvalue weighted by molar-refractivity contribution is 0.0261. The fourth-order valence-electron chi connectivity index (χ4n) is 4.88. The van der Waals surface area contributed by atoms with Gasteiger partial charge >= 0.3 is 23.9 Å². The summed E-state index contributed by atoms with van der Waals surface area (Å²) in [6.45, 7) is 0.817. The van der Waals surface area contributed by atoms with Gasteiger partial charge in [-0.1, -0.05) is 73.5 Å². The van der Waals surface area contributed by atoms with Gasteiger partial charge in [-0.2, -0.15) is 0 Å². The standard InChI is InChI=1S/C38H38N2O10/c41-34(33-22-29(16-18-32(33)36(44)45)38(47)49-24-27-13-7-4-8-14-27)39-19-9-1-2-10-20-40-50-25-30-21-28(15-17-31(30)35(42)43)37(46)48-23-26-11-5-3-6-12-26/h3-8,11-18,21-22,40H,1-2,9-10,19-20,23-25H2,(H,39,41)(H,42,43)(H,44,45). The molecule has 0 fully saturated rings. The lowest BCUT2D eigenvalue weighted by Gasteiger charge is -2.11. The summed E-state index contributed by atoms with van der Waals surface area (Å²) in [7, 11) is 0. The van der Waals surface area contributed by atoms with Crippen molar-refractivity contribution < 1.29 is 48.5 Å². The molecule has 4 rings (SSSR count). The van der Waals surface area contributed by atoms with Crippen molar-refractivity contribution in [1.29, 1.82) is 0 Å². The van der Waals surface area contributed by atoms with E-state index in [1.165, 1.54) is 36.4 Å². The molecular weight excluding hydrogens is 644 g/mol. The van der Waals surface area contributed by atoms with Gasteiger partial charge in [0, 0.05) is 13.1 Å². The Labute approximate surface area is 289 Å². The van der Waals surface area contributed by atoms with Gasteiger partial charge in [0.1, 0.15) is 13.2 Å². The molecule has 1 amide bonds. The Hall–Kier alpha value is -5.85. The summed E-state index contributed by atoms with van der Waals surface area (Å²) in [5.41, 5.74) is 4.68. The van der Waals surface area contributed by atoms with E-state index in [1.54, 1.807) is 12.1 Å². The Balaban J connectivity index is 1.15. The van der Waals surface area contributed by atoms with E-state index in [9.17, 15) is 34.2 Å². The Morgan fingerprint density at radius 1 is 0.540 bits per heavy atom. The molecule has 0 saturated heterocycles. The molecule has 260 valence electrons. The van der Waals surface area contributed by atoms with E-state index in [4.69, 9.17) is 14.3 Å². The summed E-state index contributed by atoms with van der Waals surface area (Å²) < 4.78 is 10.7. The van der Waals surface area contributed by atoms with Gasteiger partial charge in [-0.05, 0) is 65.9 Å². The van der Waals surface area contributed by atoms with Crippen LogP contribution in [0.25, 0.3) is 0 Å². The number of rotatable bonds is 19. The van der Waals surface area contributed by atoms with Gasteiger partial charge in [-0.15, -0.1) is 0 Å². The molecule has 0 bridgehead atoms. The van der Waals surface area contributed by atoms with Crippen molar-refractivity contribution in [2.45, 2.75) is 45.5 Å². The summed E-state index contributed by atoms with van der Waals surface area (Å²) in [4.78, 5) is 66.8. The number of carbonyl (C=O) groups is 5. The molecule has 4 aromatic carbocycles. The van der Waals surface area contributed by atoms with Gasteiger partial charge in [-0.3, -0.25) is 9.63 Å². The van der Waals surface area contributed by atoms with Crippen molar-refractivity contribution >= 4 is 29.8 Å². The third-order valence-electron chi connectivity index (χ3n) is 7.55. The molecular formula is C38H38N2O10. The highest BCUT2D eigenvalue weighted by Gasteiger charge is 2.20. The molecule has 12 heteroatoms.